The van der Waals surface area contributed by atoms with E-state index in [-0.39, 0.29) is 12.4 Å². The Morgan fingerprint density at radius 3 is 2.05 bits per heavy atom. The van der Waals surface area contributed by atoms with Gasteiger partial charge in [-0.2, -0.15) is 5.26 Å². The van der Waals surface area contributed by atoms with Crippen LogP contribution in [-0.2, 0) is 117 Å². The van der Waals surface area contributed by atoms with Crippen LogP contribution in [0.25, 0.3) is 0 Å². The van der Waals surface area contributed by atoms with Crippen LogP contribution in [0.2, 0.25) is 0 Å². The molecule has 38 heavy (non-hydrogen) atoms. The van der Waals surface area contributed by atoms with Gasteiger partial charge in [0.05, 0.1) is 51.3 Å². The standard InChI is InChI=1S/C10H13NO3S.C5H7NO2.C5H8O2.S8/c1-2-14-10(12)8-6-3-4-13-5-7(6)15-9(8)11;1-2-8-5(7)3-4-6;6-5-1-3-7-4-2-5;1-3-5-7-8-6-4-2/h2-5,11H2,1H3;2-3H2,1H3;1-4H2;. The summed E-state index contributed by atoms with van der Waals surface area (Å²) in [7, 11) is 9.12. The number of hydrogen-bond acceptors (Lipinski definition) is 12. The molecule has 18 heteroatoms. The zero-order valence-corrected chi connectivity index (χ0v) is 28.0. The second kappa shape index (κ2) is 25.3. The molecule has 0 radical (unpaired) electrons. The van der Waals surface area contributed by atoms with Gasteiger partial charge in [-0.25, -0.2) is 4.79 Å². The molecule has 0 aromatic carbocycles. The van der Waals surface area contributed by atoms with E-state index in [1.807, 2.05) is 0 Å². The molecule has 0 saturated carbocycles. The fourth-order valence-corrected chi connectivity index (χ4v) is 14.6. The fraction of sp³-hybridized carbons (Fsp3) is 0.600. The normalized spacial score (nSPS) is 12.9. The Labute approximate surface area is 253 Å². The summed E-state index contributed by atoms with van der Waals surface area (Å²) in [5, 5.41) is 8.46. The minimum Gasteiger partial charge on any atom is -0.465 e. The maximum atomic E-state index is 11.7. The molecule has 3 heterocycles. The van der Waals surface area contributed by atoms with Crippen LogP contribution in [0.1, 0.15) is 53.9 Å². The number of anilines is 1. The molecule has 0 bridgehead atoms. The molecule has 0 aliphatic carbocycles. The Morgan fingerprint density at radius 1 is 1.00 bits per heavy atom. The molecule has 1 saturated heterocycles. The van der Waals surface area contributed by atoms with Gasteiger partial charge in [-0.05, 0) is 25.8 Å². The van der Waals surface area contributed by atoms with Crippen LogP contribution in [0.4, 0.5) is 5.00 Å². The number of hydrogen-bond donors (Lipinski definition) is 1. The molecular formula is C20H28N2O7S9. The lowest BCUT2D eigenvalue weighted by molar-refractivity contribution is -0.141. The van der Waals surface area contributed by atoms with Crippen molar-refractivity contribution < 1.29 is 33.3 Å². The smallest absolute Gasteiger partial charge is 0.341 e. The van der Waals surface area contributed by atoms with E-state index in [2.05, 4.69) is 27.1 Å². The summed E-state index contributed by atoms with van der Waals surface area (Å²) in [6.07, 6.45) is 1.85. The summed E-state index contributed by atoms with van der Waals surface area (Å²) in [5.74, 6) is -0.421. The number of nitriles is 1. The lowest BCUT2D eigenvalue weighted by Crippen LogP contribution is -2.14. The summed E-state index contributed by atoms with van der Waals surface area (Å²) < 4.78 is 19.6. The first-order valence-electron chi connectivity index (χ1n) is 10.9. The van der Waals surface area contributed by atoms with E-state index >= 15 is 0 Å². The third-order valence-electron chi connectivity index (χ3n) is 4.05. The number of ketones is 1. The summed E-state index contributed by atoms with van der Waals surface area (Å²) in [5.41, 5.74) is 7.39. The average Bonchev–Trinajstić information content (AvgIpc) is 3.24. The molecule has 1 fully saturated rings. The highest BCUT2D eigenvalue weighted by Gasteiger charge is 2.25. The zero-order valence-electron chi connectivity index (χ0n) is 20.6. The highest BCUT2D eigenvalue weighted by molar-refractivity contribution is 8.70. The summed E-state index contributed by atoms with van der Waals surface area (Å²) in [6, 6.07) is 1.68. The van der Waals surface area contributed by atoms with Crippen molar-refractivity contribution >= 4 is 110 Å². The van der Waals surface area contributed by atoms with Gasteiger partial charge in [0.15, 0.2) is 0 Å². The Bertz CT molecular complexity index is 1170. The maximum Gasteiger partial charge on any atom is 0.341 e. The first-order chi connectivity index (χ1) is 18.4. The molecule has 9 nitrogen and oxygen atoms in total. The number of nitrogens with two attached hydrogens (primary N) is 1. The van der Waals surface area contributed by atoms with Crippen molar-refractivity contribution in [1.82, 2.24) is 0 Å². The Hall–Kier alpha value is -0.720. The van der Waals surface area contributed by atoms with Gasteiger partial charge in [0.1, 0.15) is 17.2 Å². The van der Waals surface area contributed by atoms with Gasteiger partial charge in [-0.3, -0.25) is 9.59 Å². The molecule has 2 aliphatic heterocycles. The first-order valence-corrected chi connectivity index (χ1v) is 21.0. The molecule has 1 aromatic rings. The number of rotatable bonds is 4. The lowest BCUT2D eigenvalue weighted by atomic mass is 10.1. The van der Waals surface area contributed by atoms with Gasteiger partial charge in [0.25, 0.3) is 0 Å². The largest absolute Gasteiger partial charge is 0.465 e. The number of thiophene rings is 1. The van der Waals surface area contributed by atoms with E-state index < -0.39 is 5.97 Å². The summed E-state index contributed by atoms with van der Waals surface area (Å²) in [4.78, 5) is 33.3. The van der Waals surface area contributed by atoms with Crippen molar-refractivity contribution in [2.24, 2.45) is 0 Å². The molecule has 2 aliphatic rings. The van der Waals surface area contributed by atoms with Gasteiger partial charge in [0.2, 0.25) is 0 Å². The van der Waals surface area contributed by atoms with E-state index in [4.69, 9.17) is 25.2 Å². The number of nitrogens with zero attached hydrogens (tertiary/aromatic N) is 1. The highest BCUT2D eigenvalue weighted by atomic mass is 33.4. The molecule has 0 atom stereocenters. The number of Topliss-reactive ketones (excluding diaryl/α,β-unsaturated/α-hetero) is 1. The van der Waals surface area contributed by atoms with Crippen molar-refractivity contribution in [2.45, 2.75) is 46.1 Å². The minimum absolute atomic E-state index is 0.145. The molecule has 214 valence electrons. The monoisotopic (exact) mass is 696 g/mol. The van der Waals surface area contributed by atoms with Crippen molar-refractivity contribution in [1.29, 1.82) is 5.26 Å². The van der Waals surface area contributed by atoms with E-state index in [0.717, 1.165) is 16.9 Å². The Kier molecular flexibility index (Phi) is 24.8. The van der Waals surface area contributed by atoms with Gasteiger partial charge in [-0.15, -0.1) is 11.3 Å². The summed E-state index contributed by atoms with van der Waals surface area (Å²) in [6.45, 7) is 6.70. The average molecular weight is 697 g/mol. The number of esters is 2. The van der Waals surface area contributed by atoms with Crippen LogP contribution < -0.4 is 5.73 Å². The fourth-order valence-electron chi connectivity index (χ4n) is 2.60. The second-order valence-corrected chi connectivity index (χ2v) is 18.2. The van der Waals surface area contributed by atoms with Crippen molar-refractivity contribution in [3.63, 3.8) is 0 Å². The predicted octanol–water partition coefficient (Wildman–Crippen LogP) is 2.39. The lowest BCUT2D eigenvalue weighted by Gasteiger charge is -2.12. The van der Waals surface area contributed by atoms with Crippen LogP contribution in [-0.4, -0.2) is 50.8 Å². The molecule has 0 amide bonds. The SMILES string of the molecule is CCOC(=O)CC#N.CCOC(=O)c1c(N)sc2c1CCOC2.O=C1CCOCC1.S=S=S=S=S=S=S=S. The van der Waals surface area contributed by atoms with Crippen molar-refractivity contribution in [3.05, 3.63) is 16.0 Å². The molecule has 1 aromatic heterocycles. The minimum atomic E-state index is -0.449. The molecule has 0 spiro atoms. The number of carbonyl (C=O) groups excluding carboxylic acids is 3. The Balaban J connectivity index is 0.000000514. The number of ether oxygens (including phenoxy) is 4. The van der Waals surface area contributed by atoms with Crippen LogP contribution >= 0.6 is 11.3 Å². The predicted molar refractivity (Wildman–Crippen MR) is 169 cm³/mol. The van der Waals surface area contributed by atoms with Gasteiger partial charge >= 0.3 is 11.9 Å². The third kappa shape index (κ3) is 17.8. The van der Waals surface area contributed by atoms with E-state index in [1.54, 1.807) is 55.4 Å². The zero-order chi connectivity index (χ0) is 28.6. The number of fused-ring (bicyclic) bond motifs is 1. The number of carbonyl (C=O) groups is 3. The van der Waals surface area contributed by atoms with Crippen molar-refractivity contribution in [2.75, 3.05) is 38.8 Å². The topological polar surface area (TPSA) is 138 Å². The molecule has 2 N–H and O–H groups in total. The van der Waals surface area contributed by atoms with E-state index in [1.165, 1.54) is 29.1 Å². The number of nitrogen functional groups attached to an aromatic ring is 1. The van der Waals surface area contributed by atoms with Crippen LogP contribution in [0.15, 0.2) is 0 Å². The molecule has 3 rings (SSSR count). The van der Waals surface area contributed by atoms with Gasteiger partial charge in [-0.1, -0.05) is 0 Å². The molecule has 0 unspecified atom stereocenters. The maximum absolute atomic E-state index is 11.7. The van der Waals surface area contributed by atoms with Crippen molar-refractivity contribution in [3.8, 4) is 6.07 Å². The van der Waals surface area contributed by atoms with E-state index in [9.17, 15) is 14.4 Å². The first kappa shape index (κ1) is 37.3. The Morgan fingerprint density at radius 2 is 1.58 bits per heavy atom. The quantitative estimate of drug-likeness (QED) is 0.465. The van der Waals surface area contributed by atoms with Crippen LogP contribution in [0.3, 0.4) is 0 Å². The van der Waals surface area contributed by atoms with Crippen LogP contribution in [0, 0.1) is 11.3 Å². The summed E-state index contributed by atoms with van der Waals surface area (Å²) >= 11 is 10.6. The highest BCUT2D eigenvalue weighted by Crippen LogP contribution is 2.34. The van der Waals surface area contributed by atoms with Gasteiger partial charge < -0.3 is 24.7 Å². The third-order valence-corrected chi connectivity index (χ3v) is 16.2. The van der Waals surface area contributed by atoms with E-state index in [0.29, 0.717) is 68.8 Å². The molecular weight excluding hydrogens is 669 g/mol. The van der Waals surface area contributed by atoms with Gasteiger partial charge in [0, 0.05) is 93.4 Å². The second-order valence-electron chi connectivity index (χ2n) is 6.47. The van der Waals surface area contributed by atoms with Crippen LogP contribution in [0.5, 0.6) is 0 Å².